The first-order valence-electron chi connectivity index (χ1n) is 6.61. The molecule has 21 heavy (non-hydrogen) atoms. The molecule has 0 radical (unpaired) electrons. The van der Waals surface area contributed by atoms with Crippen LogP contribution in [-0.4, -0.2) is 36.2 Å². The fraction of sp³-hybridized carbons (Fsp3) is 0.333. The lowest BCUT2D eigenvalue weighted by Crippen LogP contribution is -2.44. The average molecular weight is 289 g/mol. The molecular weight excluding hydrogens is 274 g/mol. The number of methoxy groups -OCH3 is 1. The van der Waals surface area contributed by atoms with Gasteiger partial charge in [0, 0.05) is 5.56 Å². The van der Waals surface area contributed by atoms with Crippen molar-refractivity contribution in [2.24, 2.45) is 0 Å². The van der Waals surface area contributed by atoms with E-state index in [1.165, 1.54) is 0 Å². The van der Waals surface area contributed by atoms with Crippen LogP contribution in [0.2, 0.25) is 0 Å². The molecule has 6 heteroatoms. The van der Waals surface area contributed by atoms with E-state index >= 15 is 0 Å². The quantitative estimate of drug-likeness (QED) is 0.870. The van der Waals surface area contributed by atoms with Crippen molar-refractivity contribution in [2.45, 2.75) is 18.4 Å². The summed E-state index contributed by atoms with van der Waals surface area (Å²) in [6.45, 7) is 0.126. The maximum atomic E-state index is 12.2. The van der Waals surface area contributed by atoms with Crippen LogP contribution in [0.1, 0.15) is 18.4 Å². The molecule has 3 rings (SSSR count). The molecule has 0 unspecified atom stereocenters. The van der Waals surface area contributed by atoms with Gasteiger partial charge < -0.3 is 19.9 Å². The predicted octanol–water partition coefficient (Wildman–Crippen LogP) is 1.20. The van der Waals surface area contributed by atoms with Gasteiger partial charge in [-0.3, -0.25) is 4.79 Å². The summed E-state index contributed by atoms with van der Waals surface area (Å²) in [6.07, 6.45) is 2.63. The Morgan fingerprint density at radius 2 is 2.14 bits per heavy atom. The van der Waals surface area contributed by atoms with Gasteiger partial charge in [-0.05, 0) is 37.1 Å². The minimum atomic E-state index is -1.09. The first-order valence-corrected chi connectivity index (χ1v) is 6.61. The average Bonchev–Trinajstić information content (AvgIpc) is 3.27. The first kappa shape index (κ1) is 13.5. The first-order chi connectivity index (χ1) is 10.0. The molecule has 1 aliphatic heterocycles. The summed E-state index contributed by atoms with van der Waals surface area (Å²) in [7, 11) is 1.56. The van der Waals surface area contributed by atoms with Crippen LogP contribution in [-0.2, 0) is 9.59 Å². The lowest BCUT2D eigenvalue weighted by molar-refractivity contribution is -0.142. The number of ether oxygens (including phenoxy) is 2. The number of carbonyl (C=O) groups is 2. The molecule has 1 heterocycles. The van der Waals surface area contributed by atoms with Gasteiger partial charge >= 0.3 is 5.97 Å². The highest BCUT2D eigenvalue weighted by Crippen LogP contribution is 2.36. The van der Waals surface area contributed by atoms with Crippen LogP contribution < -0.4 is 14.8 Å². The maximum Gasteiger partial charge on any atom is 0.329 e. The normalized spacial score (nSPS) is 17.9. The van der Waals surface area contributed by atoms with E-state index in [1.807, 2.05) is 0 Å². The SMILES string of the molecule is COc1ccc2c(c1)C=C(C(=O)NC1(C(=O)O)CC1)CO2. The third-order valence-electron chi connectivity index (χ3n) is 3.73. The highest BCUT2D eigenvalue weighted by molar-refractivity contribution is 6.02. The van der Waals surface area contributed by atoms with Crippen molar-refractivity contribution in [3.63, 3.8) is 0 Å². The summed E-state index contributed by atoms with van der Waals surface area (Å²) < 4.78 is 10.7. The zero-order valence-corrected chi connectivity index (χ0v) is 11.5. The predicted molar refractivity (Wildman–Crippen MR) is 74.2 cm³/mol. The molecule has 0 bridgehead atoms. The highest BCUT2D eigenvalue weighted by Gasteiger charge is 2.51. The third kappa shape index (κ3) is 2.44. The van der Waals surface area contributed by atoms with Gasteiger partial charge in [-0.1, -0.05) is 0 Å². The monoisotopic (exact) mass is 289 g/mol. The molecule has 0 saturated heterocycles. The van der Waals surface area contributed by atoms with Crippen LogP contribution in [0.5, 0.6) is 11.5 Å². The molecule has 0 atom stereocenters. The van der Waals surface area contributed by atoms with E-state index in [0.29, 0.717) is 29.9 Å². The molecule has 1 aliphatic carbocycles. The minimum Gasteiger partial charge on any atom is -0.497 e. The number of aliphatic carboxylic acids is 1. The van der Waals surface area contributed by atoms with Crippen molar-refractivity contribution in [1.82, 2.24) is 5.32 Å². The number of carbonyl (C=O) groups excluding carboxylic acids is 1. The number of rotatable bonds is 4. The van der Waals surface area contributed by atoms with Gasteiger partial charge in [0.1, 0.15) is 23.6 Å². The molecule has 110 valence electrons. The van der Waals surface area contributed by atoms with Crippen molar-refractivity contribution in [3.05, 3.63) is 29.3 Å². The van der Waals surface area contributed by atoms with E-state index in [0.717, 1.165) is 5.56 Å². The number of carboxylic acid groups (broad SMARTS) is 1. The van der Waals surface area contributed by atoms with E-state index in [4.69, 9.17) is 14.6 Å². The second-order valence-electron chi connectivity index (χ2n) is 5.20. The van der Waals surface area contributed by atoms with Crippen molar-refractivity contribution in [3.8, 4) is 11.5 Å². The van der Waals surface area contributed by atoms with Gasteiger partial charge in [-0.25, -0.2) is 4.79 Å². The lowest BCUT2D eigenvalue weighted by atomic mass is 10.1. The van der Waals surface area contributed by atoms with Crippen molar-refractivity contribution < 1.29 is 24.2 Å². The Kier molecular flexibility index (Phi) is 3.08. The molecule has 6 nitrogen and oxygen atoms in total. The Labute approximate surface area is 121 Å². The fourth-order valence-corrected chi connectivity index (χ4v) is 2.23. The summed E-state index contributed by atoms with van der Waals surface area (Å²) in [4.78, 5) is 23.3. The third-order valence-corrected chi connectivity index (χ3v) is 3.73. The lowest BCUT2D eigenvalue weighted by Gasteiger charge is -2.20. The van der Waals surface area contributed by atoms with E-state index in [1.54, 1.807) is 31.4 Å². The molecule has 1 fully saturated rings. The zero-order chi connectivity index (χ0) is 15.0. The standard InChI is InChI=1S/C15H15NO5/c1-20-11-2-3-12-9(7-11)6-10(8-21-12)13(17)16-15(4-5-15)14(18)19/h2-3,6-7H,4-5,8H2,1H3,(H,16,17)(H,18,19). The molecule has 2 N–H and O–H groups in total. The van der Waals surface area contributed by atoms with Crippen molar-refractivity contribution >= 4 is 18.0 Å². The zero-order valence-electron chi connectivity index (χ0n) is 11.5. The Balaban J connectivity index is 1.81. The van der Waals surface area contributed by atoms with Crippen LogP contribution >= 0.6 is 0 Å². The number of amides is 1. The van der Waals surface area contributed by atoms with Crippen LogP contribution in [0.3, 0.4) is 0 Å². The molecule has 1 saturated carbocycles. The molecule has 0 spiro atoms. The van der Waals surface area contributed by atoms with Gasteiger partial charge in [-0.2, -0.15) is 0 Å². The molecule has 1 amide bonds. The number of carboxylic acids is 1. The van der Waals surface area contributed by atoms with Crippen LogP contribution in [0, 0.1) is 0 Å². The smallest absolute Gasteiger partial charge is 0.329 e. The summed E-state index contributed by atoms with van der Waals surface area (Å²) in [5, 5.41) is 11.7. The van der Waals surface area contributed by atoms with E-state index < -0.39 is 17.4 Å². The second kappa shape index (κ2) is 4.80. The molecule has 1 aromatic rings. The van der Waals surface area contributed by atoms with E-state index in [-0.39, 0.29) is 6.61 Å². The Bertz CT molecular complexity index is 645. The van der Waals surface area contributed by atoms with Gasteiger partial charge in [-0.15, -0.1) is 0 Å². The van der Waals surface area contributed by atoms with Crippen molar-refractivity contribution in [1.29, 1.82) is 0 Å². The number of benzene rings is 1. The van der Waals surface area contributed by atoms with Gasteiger partial charge in [0.15, 0.2) is 0 Å². The maximum absolute atomic E-state index is 12.2. The second-order valence-corrected chi connectivity index (χ2v) is 5.20. The Morgan fingerprint density at radius 1 is 1.38 bits per heavy atom. The van der Waals surface area contributed by atoms with Gasteiger partial charge in [0.05, 0.1) is 12.7 Å². The van der Waals surface area contributed by atoms with E-state index in [2.05, 4.69) is 5.32 Å². The van der Waals surface area contributed by atoms with Crippen LogP contribution in [0.4, 0.5) is 0 Å². The highest BCUT2D eigenvalue weighted by atomic mass is 16.5. The Hall–Kier alpha value is -2.50. The largest absolute Gasteiger partial charge is 0.497 e. The Morgan fingerprint density at radius 3 is 2.76 bits per heavy atom. The van der Waals surface area contributed by atoms with Crippen LogP contribution in [0.15, 0.2) is 23.8 Å². The minimum absolute atomic E-state index is 0.126. The fourth-order valence-electron chi connectivity index (χ4n) is 2.23. The number of hydrogen-bond donors (Lipinski definition) is 2. The molecule has 2 aliphatic rings. The van der Waals surface area contributed by atoms with Crippen molar-refractivity contribution in [2.75, 3.05) is 13.7 Å². The molecule has 0 aromatic heterocycles. The summed E-state index contributed by atoms with van der Waals surface area (Å²) in [5.74, 6) is -0.0511. The number of fused-ring (bicyclic) bond motifs is 1. The summed E-state index contributed by atoms with van der Waals surface area (Å²) in [6, 6.07) is 5.33. The van der Waals surface area contributed by atoms with Gasteiger partial charge in [0.2, 0.25) is 0 Å². The number of hydrogen-bond acceptors (Lipinski definition) is 4. The van der Waals surface area contributed by atoms with E-state index in [9.17, 15) is 9.59 Å². The molecule has 1 aromatic carbocycles. The van der Waals surface area contributed by atoms with Gasteiger partial charge in [0.25, 0.3) is 5.91 Å². The topological polar surface area (TPSA) is 84.9 Å². The van der Waals surface area contributed by atoms with Crippen LogP contribution in [0.25, 0.3) is 6.08 Å². The molecular formula is C15H15NO5. The summed E-state index contributed by atoms with van der Waals surface area (Å²) >= 11 is 0. The number of nitrogens with one attached hydrogen (secondary N) is 1. The summed E-state index contributed by atoms with van der Waals surface area (Å²) in [5.41, 5.74) is 0.0567.